The molecule has 2 aromatic heterocycles. The van der Waals surface area contributed by atoms with Gasteiger partial charge in [-0.05, 0) is 124 Å². The second kappa shape index (κ2) is 37.4. The fourth-order valence-electron chi connectivity index (χ4n) is 12.0. The van der Waals surface area contributed by atoms with Crippen molar-refractivity contribution in [3.8, 4) is 0 Å². The summed E-state index contributed by atoms with van der Waals surface area (Å²) < 4.78 is 60.8. The van der Waals surface area contributed by atoms with Gasteiger partial charge >= 0.3 is 12.1 Å². The fraction of sp³-hybridized carbons (Fsp3) is 0.411. The average Bonchev–Trinajstić information content (AvgIpc) is 1.28. The van der Waals surface area contributed by atoms with E-state index < -0.39 is 68.3 Å². The molecule has 0 bridgehead atoms. The Morgan fingerprint density at radius 2 is 1.24 bits per heavy atom. The largest absolute Gasteiger partial charge is 0.465 e. The van der Waals surface area contributed by atoms with Crippen LogP contribution in [0.5, 0.6) is 0 Å². The van der Waals surface area contributed by atoms with E-state index in [1.54, 1.807) is 63.6 Å². The van der Waals surface area contributed by atoms with Crippen molar-refractivity contribution in [2.45, 2.75) is 122 Å². The fourth-order valence-corrected chi connectivity index (χ4v) is 13.5. The lowest BCUT2D eigenvalue weighted by Gasteiger charge is -2.38. The third-order valence-electron chi connectivity index (χ3n) is 16.5. The van der Waals surface area contributed by atoms with E-state index in [9.17, 15) is 46.8 Å². The molecule has 6 amide bonds. The molecule has 2 unspecified atom stereocenters. The van der Waals surface area contributed by atoms with Gasteiger partial charge < -0.3 is 66.3 Å². The number of carbonyl (C=O) groups excluding carboxylic acids is 7. The molecule has 10 N–H and O–H groups in total. The molecule has 0 spiro atoms. The quantitative estimate of drug-likeness (QED) is 0.0114. The Hall–Kier alpha value is -9.80. The number of hydrogen-bond donors (Lipinski definition) is 8. The number of benzene rings is 5. The number of methoxy groups -OCH3 is 1. The van der Waals surface area contributed by atoms with Crippen LogP contribution in [0.15, 0.2) is 144 Å². The van der Waals surface area contributed by atoms with Crippen LogP contribution in [0.2, 0.25) is 0 Å². The lowest BCUT2D eigenvalue weighted by molar-refractivity contribution is -0.126. The van der Waals surface area contributed by atoms with Gasteiger partial charge in [0, 0.05) is 95.7 Å². The van der Waals surface area contributed by atoms with Crippen LogP contribution in [0.4, 0.5) is 10.7 Å². The van der Waals surface area contributed by atoms with E-state index in [1.807, 2.05) is 66.9 Å². The van der Waals surface area contributed by atoms with Crippen LogP contribution in [-0.4, -0.2) is 149 Å². The van der Waals surface area contributed by atoms with E-state index in [1.165, 1.54) is 20.2 Å². The van der Waals surface area contributed by atoms with E-state index in [0.717, 1.165) is 22.3 Å². The number of aromatic nitrogens is 3. The molecule has 5 aromatic carbocycles. The maximum absolute atomic E-state index is 14.4. The number of ether oxygens (including phenoxy) is 5. The summed E-state index contributed by atoms with van der Waals surface area (Å²) in [7, 11) is -2.98. The lowest BCUT2D eigenvalue weighted by atomic mass is 9.76. The molecule has 0 aliphatic rings. The second-order valence-corrected chi connectivity index (χ2v) is 26.7. The Balaban J connectivity index is 0.915. The SMILES string of the molecule is COC(=O)c1c(C)cc(C)c(S(=O)(=O)NCCNC(=O)c2cn(CCCNC(=O)CCC(=O)NCCCOCCOCCOCCCC(CC(N)=O)C(NC(=O)OC(C)(C)C)C(N)=O)c3cc(CNc4nccn4C(c4ccccc4)(c4ccccc4)c4ccccc4)ccc3c2=O)c1C. The van der Waals surface area contributed by atoms with Gasteiger partial charge in [-0.2, -0.15) is 0 Å². The molecule has 0 saturated carbocycles. The summed E-state index contributed by atoms with van der Waals surface area (Å²) in [4.78, 5) is 108. The maximum atomic E-state index is 14.4. The molecule has 0 saturated heterocycles. The summed E-state index contributed by atoms with van der Waals surface area (Å²) in [6, 6.07) is 36.4. The van der Waals surface area contributed by atoms with Gasteiger partial charge in [0.05, 0.1) is 49.5 Å². The van der Waals surface area contributed by atoms with Crippen LogP contribution >= 0.6 is 0 Å². The number of amides is 6. The summed E-state index contributed by atoms with van der Waals surface area (Å²) in [5.41, 5.74) is 14.2. The Morgan fingerprint density at radius 1 is 0.670 bits per heavy atom. The zero-order valence-corrected chi connectivity index (χ0v) is 58.6. The van der Waals surface area contributed by atoms with Crippen molar-refractivity contribution in [2.75, 3.05) is 78.2 Å². The van der Waals surface area contributed by atoms with Crippen LogP contribution < -0.4 is 48.2 Å². The van der Waals surface area contributed by atoms with Crippen molar-refractivity contribution in [3.05, 3.63) is 194 Å². The Labute approximate surface area is 583 Å². The first-order valence-electron chi connectivity index (χ1n) is 33.3. The van der Waals surface area contributed by atoms with E-state index in [0.29, 0.717) is 74.6 Å². The maximum Gasteiger partial charge on any atom is 0.408 e. The second-order valence-electron chi connectivity index (χ2n) is 25.0. The van der Waals surface area contributed by atoms with Gasteiger partial charge in [0.25, 0.3) is 5.91 Å². The molecule has 7 aromatic rings. The number of rotatable bonds is 40. The van der Waals surface area contributed by atoms with Gasteiger partial charge in [0.1, 0.15) is 22.7 Å². The number of aryl methyl sites for hydroxylation is 3. The number of carbonyl (C=O) groups is 7. The van der Waals surface area contributed by atoms with Crippen molar-refractivity contribution < 1.29 is 65.7 Å². The highest BCUT2D eigenvalue weighted by atomic mass is 32.2. The number of hydrogen-bond acceptors (Lipinski definition) is 17. The third-order valence-corrected chi connectivity index (χ3v) is 18.2. The Kier molecular flexibility index (Phi) is 29.0. The molecular formula is C73H93N11O15S. The van der Waals surface area contributed by atoms with E-state index in [4.69, 9.17) is 40.1 Å². The Bertz CT molecular complexity index is 4010. The Morgan fingerprint density at radius 3 is 1.80 bits per heavy atom. The summed E-state index contributed by atoms with van der Waals surface area (Å²) in [6.07, 6.45) is 5.66. The first kappa shape index (κ1) is 77.6. The number of pyridine rings is 1. The number of fused-ring (bicyclic) bond motifs is 1. The number of alkyl carbamates (subject to hydrolysis) is 1. The average molecular weight is 1400 g/mol. The van der Waals surface area contributed by atoms with Crippen molar-refractivity contribution >= 4 is 68.5 Å². The van der Waals surface area contributed by atoms with Crippen LogP contribution in [0, 0.1) is 26.7 Å². The van der Waals surface area contributed by atoms with Crippen molar-refractivity contribution in [1.82, 2.24) is 40.1 Å². The van der Waals surface area contributed by atoms with Crippen LogP contribution in [-0.2, 0) is 71.5 Å². The minimum atomic E-state index is -4.19. The van der Waals surface area contributed by atoms with Gasteiger partial charge in [-0.1, -0.05) is 103 Å². The first-order valence-corrected chi connectivity index (χ1v) is 34.8. The minimum absolute atomic E-state index is 0.0512. The van der Waals surface area contributed by atoms with E-state index >= 15 is 0 Å². The van der Waals surface area contributed by atoms with Gasteiger partial charge in [0.15, 0.2) is 0 Å². The zero-order chi connectivity index (χ0) is 72.4. The van der Waals surface area contributed by atoms with E-state index in [2.05, 4.69) is 72.3 Å². The molecule has 0 fully saturated rings. The molecule has 2 heterocycles. The number of nitrogens with zero attached hydrogens (tertiary/aromatic N) is 3. The summed E-state index contributed by atoms with van der Waals surface area (Å²) >= 11 is 0. The van der Waals surface area contributed by atoms with Crippen LogP contribution in [0.25, 0.3) is 10.9 Å². The predicted octanol–water partition coefficient (Wildman–Crippen LogP) is 6.56. The topological polar surface area (TPSA) is 364 Å². The molecule has 2 atom stereocenters. The molecule has 26 nitrogen and oxygen atoms in total. The summed E-state index contributed by atoms with van der Waals surface area (Å²) in [6.45, 7) is 12.2. The monoisotopic (exact) mass is 1400 g/mol. The molecule has 7 rings (SSSR count). The highest BCUT2D eigenvalue weighted by Gasteiger charge is 2.40. The molecule has 0 radical (unpaired) electrons. The highest BCUT2D eigenvalue weighted by molar-refractivity contribution is 7.89. The zero-order valence-electron chi connectivity index (χ0n) is 57.8. The van der Waals surface area contributed by atoms with Crippen molar-refractivity contribution in [1.29, 1.82) is 0 Å². The van der Waals surface area contributed by atoms with Gasteiger partial charge in [-0.25, -0.2) is 27.7 Å². The van der Waals surface area contributed by atoms with Crippen LogP contribution in [0.3, 0.4) is 0 Å². The third kappa shape index (κ3) is 21.6. The number of imidazole rings is 1. The number of nitrogens with two attached hydrogens (primary N) is 2. The number of anilines is 1. The predicted molar refractivity (Wildman–Crippen MR) is 378 cm³/mol. The van der Waals surface area contributed by atoms with Crippen molar-refractivity contribution in [2.24, 2.45) is 17.4 Å². The normalized spacial score (nSPS) is 12.3. The molecular weight excluding hydrogens is 1300 g/mol. The molecule has 27 heteroatoms. The standard InChI is InChI=1S/C73H93N11O15S/c1-49-44-50(2)66(51(3)63(49)69(91)95-7)100(93,94)81-34-33-78-68(90)58-48-83(59-45-52(27-28-57(59)65(58)88)47-80-70-79-35-37-84(70)73(54-21-11-8-12-22-54,55-23-13-9-14-24-55)56-25-15-10-16-26-56)36-18-31-76-61(86)29-30-62(87)77-32-19-39-97-41-43-98-42-40-96-38-17-20-53(46-60(74)85)64(67(75)89)82-71(92)99-72(4,5)6/h8-16,21-28,35,37,44-45,48,53,64,81H,17-20,29-34,36,38-43,46-47H2,1-7H3,(H2,74,85)(H2,75,89)(H,76,86)(H,77,87)(H,78,90)(H,79,80)(H,82,92). The summed E-state index contributed by atoms with van der Waals surface area (Å²) in [5, 5.41) is 14.6. The van der Waals surface area contributed by atoms with Crippen LogP contribution in [0.1, 0.15) is 125 Å². The molecule has 100 heavy (non-hydrogen) atoms. The number of primary amides is 2. The lowest BCUT2D eigenvalue weighted by Crippen LogP contribution is -2.51. The molecule has 0 aliphatic heterocycles. The number of nitrogens with one attached hydrogen (secondary N) is 6. The number of sulfonamides is 1. The van der Waals surface area contributed by atoms with Crippen molar-refractivity contribution in [3.63, 3.8) is 0 Å². The summed E-state index contributed by atoms with van der Waals surface area (Å²) in [5.74, 6) is -3.63. The van der Waals surface area contributed by atoms with Gasteiger partial charge in [0.2, 0.25) is 45.0 Å². The molecule has 536 valence electrons. The smallest absolute Gasteiger partial charge is 0.408 e. The first-order chi connectivity index (χ1) is 47.9. The highest BCUT2D eigenvalue weighted by Crippen LogP contribution is 2.42. The molecule has 0 aliphatic carbocycles. The van der Waals surface area contributed by atoms with Gasteiger partial charge in [-0.15, -0.1) is 0 Å². The minimum Gasteiger partial charge on any atom is -0.465 e. The number of esters is 1. The van der Waals surface area contributed by atoms with Gasteiger partial charge in [-0.3, -0.25) is 33.3 Å². The van der Waals surface area contributed by atoms with E-state index in [-0.39, 0.29) is 111 Å².